The van der Waals surface area contributed by atoms with Gasteiger partial charge in [-0.25, -0.2) is 4.98 Å². The Bertz CT molecular complexity index is 874. The lowest BCUT2D eigenvalue weighted by Crippen LogP contribution is -2.39. The minimum Gasteiger partial charge on any atom is -0.439 e. The van der Waals surface area contributed by atoms with Crippen molar-refractivity contribution in [2.45, 2.75) is 26.4 Å². The van der Waals surface area contributed by atoms with Gasteiger partial charge in [-0.2, -0.15) is 0 Å². The van der Waals surface area contributed by atoms with Crippen LogP contribution in [0.3, 0.4) is 0 Å². The third-order valence-electron chi connectivity index (χ3n) is 4.29. The third-order valence-corrected chi connectivity index (χ3v) is 4.70. The summed E-state index contributed by atoms with van der Waals surface area (Å²) >= 11 is 6.10. The maximum atomic E-state index is 12.5. The van der Waals surface area contributed by atoms with Gasteiger partial charge in [0, 0.05) is 10.7 Å². The number of nitrogens with one attached hydrogen (secondary N) is 1. The quantitative estimate of drug-likeness (QED) is 0.741. The van der Waals surface area contributed by atoms with Gasteiger partial charge in [-0.3, -0.25) is 9.69 Å². The Hall–Kier alpha value is -2.37. The number of anilines is 1. The zero-order valence-corrected chi connectivity index (χ0v) is 15.2. The van der Waals surface area contributed by atoms with Crippen LogP contribution in [-0.2, 0) is 11.3 Å². The molecular weight excluding hydrogens is 338 g/mol. The molecule has 2 aromatic carbocycles. The van der Waals surface area contributed by atoms with Gasteiger partial charge in [-0.15, -0.1) is 0 Å². The van der Waals surface area contributed by atoms with Crippen LogP contribution in [0.15, 0.2) is 46.9 Å². The average Bonchev–Trinajstić information content (AvgIpc) is 3.00. The molecule has 0 aliphatic carbocycles. The number of amides is 1. The Morgan fingerprint density at radius 1 is 1.28 bits per heavy atom. The highest BCUT2D eigenvalue weighted by molar-refractivity contribution is 6.31. The van der Waals surface area contributed by atoms with Crippen LogP contribution in [0.4, 0.5) is 5.69 Å². The van der Waals surface area contributed by atoms with E-state index in [2.05, 4.69) is 10.3 Å². The molecule has 0 fully saturated rings. The number of rotatable bonds is 5. The van der Waals surface area contributed by atoms with E-state index in [0.717, 1.165) is 22.4 Å². The molecule has 0 radical (unpaired) electrons. The zero-order chi connectivity index (χ0) is 18.0. The fraction of sp³-hybridized carbons (Fsp3) is 0.263. The van der Waals surface area contributed by atoms with Crippen LogP contribution in [0.5, 0.6) is 0 Å². The summed E-state index contributed by atoms with van der Waals surface area (Å²) in [6, 6.07) is 12.7. The van der Waals surface area contributed by atoms with Crippen molar-refractivity contribution < 1.29 is 9.21 Å². The minimum atomic E-state index is -0.353. The molecule has 5 nitrogen and oxygen atoms in total. The second-order valence-corrected chi connectivity index (χ2v) is 6.48. The number of fused-ring (bicyclic) bond motifs is 1. The number of para-hydroxylation sites is 2. The van der Waals surface area contributed by atoms with Crippen molar-refractivity contribution in [1.29, 1.82) is 0 Å². The Morgan fingerprint density at radius 2 is 2.04 bits per heavy atom. The fourth-order valence-corrected chi connectivity index (χ4v) is 2.69. The molecule has 0 aliphatic heterocycles. The second-order valence-electron chi connectivity index (χ2n) is 6.07. The van der Waals surface area contributed by atoms with Gasteiger partial charge in [0.1, 0.15) is 5.52 Å². The first-order valence-electron chi connectivity index (χ1n) is 8.06. The number of benzene rings is 2. The maximum Gasteiger partial charge on any atom is 0.241 e. The molecule has 3 aromatic rings. The number of carbonyl (C=O) groups excluding carboxylic acids is 1. The Kier molecular flexibility index (Phi) is 5.06. The standard InChI is InChI=1S/C19H20ClN3O2/c1-12-14(20)7-6-9-15(12)22-19(24)13(2)23(3)11-18-21-16-8-4-5-10-17(16)25-18/h4-10,13H,11H2,1-3H3,(H,22,24)/t13-/m1/s1. The van der Waals surface area contributed by atoms with E-state index in [4.69, 9.17) is 16.0 Å². The topological polar surface area (TPSA) is 58.4 Å². The molecule has 0 saturated heterocycles. The Balaban J connectivity index is 1.67. The molecular formula is C19H20ClN3O2. The number of halogens is 1. The van der Waals surface area contributed by atoms with E-state index < -0.39 is 0 Å². The van der Waals surface area contributed by atoms with Crippen molar-refractivity contribution in [3.63, 3.8) is 0 Å². The molecule has 0 saturated carbocycles. The summed E-state index contributed by atoms with van der Waals surface area (Å²) in [7, 11) is 1.87. The van der Waals surface area contributed by atoms with E-state index in [0.29, 0.717) is 17.5 Å². The lowest BCUT2D eigenvalue weighted by atomic mass is 10.2. The van der Waals surface area contributed by atoms with E-state index in [-0.39, 0.29) is 11.9 Å². The molecule has 0 unspecified atom stereocenters. The fourth-order valence-electron chi connectivity index (χ4n) is 2.52. The molecule has 1 N–H and O–H groups in total. The smallest absolute Gasteiger partial charge is 0.241 e. The van der Waals surface area contributed by atoms with Crippen molar-refractivity contribution >= 4 is 34.3 Å². The molecule has 3 rings (SSSR count). The number of aromatic nitrogens is 1. The molecule has 6 heteroatoms. The lowest BCUT2D eigenvalue weighted by molar-refractivity contribution is -0.120. The van der Waals surface area contributed by atoms with Crippen molar-refractivity contribution in [3.05, 3.63) is 58.9 Å². The zero-order valence-electron chi connectivity index (χ0n) is 14.4. The van der Waals surface area contributed by atoms with Crippen LogP contribution in [0.1, 0.15) is 18.4 Å². The predicted octanol–water partition coefficient (Wildman–Crippen LogP) is 4.25. The van der Waals surface area contributed by atoms with Crippen LogP contribution >= 0.6 is 11.6 Å². The van der Waals surface area contributed by atoms with Gasteiger partial charge in [0.2, 0.25) is 11.8 Å². The molecule has 0 spiro atoms. The third kappa shape index (κ3) is 3.83. The summed E-state index contributed by atoms with van der Waals surface area (Å²) in [6.45, 7) is 4.17. The van der Waals surface area contributed by atoms with Crippen molar-refractivity contribution in [1.82, 2.24) is 9.88 Å². The first-order valence-corrected chi connectivity index (χ1v) is 8.44. The largest absolute Gasteiger partial charge is 0.439 e. The number of carbonyl (C=O) groups is 1. The van der Waals surface area contributed by atoms with E-state index in [1.165, 1.54) is 0 Å². The monoisotopic (exact) mass is 357 g/mol. The average molecular weight is 358 g/mol. The molecule has 0 aliphatic rings. The van der Waals surface area contributed by atoms with E-state index in [1.807, 2.05) is 62.2 Å². The van der Waals surface area contributed by atoms with E-state index in [1.54, 1.807) is 6.07 Å². The van der Waals surface area contributed by atoms with Crippen molar-refractivity contribution in [3.8, 4) is 0 Å². The number of oxazole rings is 1. The summed E-state index contributed by atoms with van der Waals surface area (Å²) < 4.78 is 5.72. The van der Waals surface area contributed by atoms with Gasteiger partial charge < -0.3 is 9.73 Å². The lowest BCUT2D eigenvalue weighted by Gasteiger charge is -2.23. The van der Waals surface area contributed by atoms with Gasteiger partial charge >= 0.3 is 0 Å². The maximum absolute atomic E-state index is 12.5. The summed E-state index contributed by atoms with van der Waals surface area (Å²) in [4.78, 5) is 18.9. The van der Waals surface area contributed by atoms with Crippen molar-refractivity contribution in [2.75, 3.05) is 12.4 Å². The van der Waals surface area contributed by atoms with Crippen LogP contribution < -0.4 is 5.32 Å². The highest BCUT2D eigenvalue weighted by atomic mass is 35.5. The minimum absolute atomic E-state index is 0.107. The first kappa shape index (κ1) is 17.5. The Morgan fingerprint density at radius 3 is 2.80 bits per heavy atom. The highest BCUT2D eigenvalue weighted by Gasteiger charge is 2.21. The van der Waals surface area contributed by atoms with Gasteiger partial charge in [-0.05, 0) is 50.7 Å². The van der Waals surface area contributed by atoms with Gasteiger partial charge in [0.25, 0.3) is 0 Å². The van der Waals surface area contributed by atoms with Crippen LogP contribution in [0.2, 0.25) is 5.02 Å². The molecule has 130 valence electrons. The van der Waals surface area contributed by atoms with Crippen LogP contribution in [0.25, 0.3) is 11.1 Å². The van der Waals surface area contributed by atoms with Gasteiger partial charge in [0.15, 0.2) is 5.58 Å². The summed E-state index contributed by atoms with van der Waals surface area (Å²) in [5.41, 5.74) is 3.14. The molecule has 1 heterocycles. The SMILES string of the molecule is Cc1c(Cl)cccc1NC(=O)[C@@H](C)N(C)Cc1nc2ccccc2o1. The molecule has 1 aromatic heterocycles. The number of hydrogen-bond donors (Lipinski definition) is 1. The van der Waals surface area contributed by atoms with E-state index in [9.17, 15) is 4.79 Å². The number of hydrogen-bond acceptors (Lipinski definition) is 4. The molecule has 0 bridgehead atoms. The molecule has 1 atom stereocenters. The van der Waals surface area contributed by atoms with Crippen molar-refractivity contribution in [2.24, 2.45) is 0 Å². The summed E-state index contributed by atoms with van der Waals surface area (Å²) in [5, 5.41) is 3.56. The number of likely N-dealkylation sites (N-methyl/N-ethyl adjacent to an activating group) is 1. The molecule has 25 heavy (non-hydrogen) atoms. The summed E-state index contributed by atoms with van der Waals surface area (Å²) in [5.74, 6) is 0.478. The molecule has 1 amide bonds. The summed E-state index contributed by atoms with van der Waals surface area (Å²) in [6.07, 6.45) is 0. The predicted molar refractivity (Wildman–Crippen MR) is 99.8 cm³/mol. The Labute approximate surface area is 151 Å². The van der Waals surface area contributed by atoms with E-state index >= 15 is 0 Å². The van der Waals surface area contributed by atoms with Gasteiger partial charge in [-0.1, -0.05) is 29.8 Å². The second kappa shape index (κ2) is 7.25. The van der Waals surface area contributed by atoms with Gasteiger partial charge in [0.05, 0.1) is 12.6 Å². The first-order chi connectivity index (χ1) is 12.0. The van der Waals surface area contributed by atoms with Crippen LogP contribution in [0, 0.1) is 6.92 Å². The van der Waals surface area contributed by atoms with Crippen LogP contribution in [-0.4, -0.2) is 28.9 Å². The number of nitrogens with zero attached hydrogens (tertiary/aromatic N) is 2. The normalized spacial score (nSPS) is 12.5. The highest BCUT2D eigenvalue weighted by Crippen LogP contribution is 2.23.